The van der Waals surface area contributed by atoms with Crippen LogP contribution in [0.2, 0.25) is 0 Å². The van der Waals surface area contributed by atoms with Gasteiger partial charge in [0.1, 0.15) is 5.76 Å². The van der Waals surface area contributed by atoms with E-state index < -0.39 is 0 Å². The first kappa shape index (κ1) is 7.76. The summed E-state index contributed by atoms with van der Waals surface area (Å²) in [5, 5.41) is 6.58. The molecule has 0 saturated carbocycles. The fraction of sp³-hybridized carbons (Fsp3) is 0.625. The zero-order valence-corrected chi connectivity index (χ0v) is 7.13. The largest absolute Gasteiger partial charge is 0.448 e. The van der Waals surface area contributed by atoms with Crippen molar-refractivity contribution in [1.82, 2.24) is 15.6 Å². The lowest BCUT2D eigenvalue weighted by molar-refractivity contribution is 0.363. The van der Waals surface area contributed by atoms with Crippen LogP contribution in [-0.2, 0) is 6.54 Å². The van der Waals surface area contributed by atoms with E-state index >= 15 is 0 Å². The van der Waals surface area contributed by atoms with Gasteiger partial charge in [-0.05, 0) is 6.92 Å². The maximum absolute atomic E-state index is 5.08. The Balaban J connectivity index is 1.82. The molecule has 0 aromatic carbocycles. The van der Waals surface area contributed by atoms with Gasteiger partial charge in [0.25, 0.3) is 0 Å². The molecule has 2 rings (SSSR count). The van der Waals surface area contributed by atoms with Crippen molar-refractivity contribution in [3.8, 4) is 0 Å². The molecule has 4 nitrogen and oxygen atoms in total. The summed E-state index contributed by atoms with van der Waals surface area (Å²) >= 11 is 0. The molecule has 66 valence electrons. The zero-order chi connectivity index (χ0) is 8.39. The van der Waals surface area contributed by atoms with Crippen LogP contribution in [0.3, 0.4) is 0 Å². The van der Waals surface area contributed by atoms with Gasteiger partial charge < -0.3 is 15.1 Å². The second-order valence-electron chi connectivity index (χ2n) is 3.09. The van der Waals surface area contributed by atoms with Gasteiger partial charge in [-0.3, -0.25) is 0 Å². The number of rotatable bonds is 3. The molecule has 1 aromatic rings. The quantitative estimate of drug-likeness (QED) is 0.667. The van der Waals surface area contributed by atoms with Crippen LogP contribution in [0.25, 0.3) is 0 Å². The van der Waals surface area contributed by atoms with Crippen LogP contribution in [0.1, 0.15) is 11.5 Å². The highest BCUT2D eigenvalue weighted by molar-refractivity contribution is 5.04. The van der Waals surface area contributed by atoms with Crippen molar-refractivity contribution in [2.45, 2.75) is 19.5 Å². The van der Waals surface area contributed by atoms with Gasteiger partial charge in [-0.15, -0.1) is 0 Å². The Morgan fingerprint density at radius 2 is 2.58 bits per heavy atom. The molecule has 1 aliphatic rings. The number of aromatic nitrogens is 1. The minimum absolute atomic E-state index is 0.612. The lowest BCUT2D eigenvalue weighted by Gasteiger charge is -2.27. The van der Waals surface area contributed by atoms with Crippen molar-refractivity contribution >= 4 is 0 Å². The molecule has 1 aromatic heterocycles. The SMILES string of the molecule is Cc1ocnc1CNC1CNC1. The van der Waals surface area contributed by atoms with Crippen LogP contribution in [0.4, 0.5) is 0 Å². The van der Waals surface area contributed by atoms with Crippen LogP contribution >= 0.6 is 0 Å². The lowest BCUT2D eigenvalue weighted by Crippen LogP contribution is -2.55. The van der Waals surface area contributed by atoms with Crippen molar-refractivity contribution in [1.29, 1.82) is 0 Å². The first-order valence-electron chi connectivity index (χ1n) is 4.19. The van der Waals surface area contributed by atoms with Gasteiger partial charge in [0.2, 0.25) is 0 Å². The molecule has 1 aliphatic heterocycles. The molecule has 0 amide bonds. The average molecular weight is 167 g/mol. The standard InChI is InChI=1S/C8H13N3O/c1-6-8(11-5-12-6)4-10-7-2-9-3-7/h5,7,9-10H,2-4H2,1H3. The Hall–Kier alpha value is -0.870. The average Bonchev–Trinajstić information content (AvgIpc) is 2.33. The van der Waals surface area contributed by atoms with Crippen LogP contribution in [0.15, 0.2) is 10.8 Å². The normalized spacial score (nSPS) is 17.8. The first-order valence-corrected chi connectivity index (χ1v) is 4.19. The van der Waals surface area contributed by atoms with E-state index in [0.29, 0.717) is 6.04 Å². The molecule has 1 fully saturated rings. The van der Waals surface area contributed by atoms with Gasteiger partial charge in [-0.25, -0.2) is 4.98 Å². The molecule has 12 heavy (non-hydrogen) atoms. The summed E-state index contributed by atoms with van der Waals surface area (Å²) < 4.78 is 5.08. The third-order valence-corrected chi connectivity index (χ3v) is 2.18. The van der Waals surface area contributed by atoms with Gasteiger partial charge in [-0.1, -0.05) is 0 Å². The predicted molar refractivity (Wildman–Crippen MR) is 44.7 cm³/mol. The predicted octanol–water partition coefficient (Wildman–Crippen LogP) is 0.0444. The smallest absolute Gasteiger partial charge is 0.181 e. The topological polar surface area (TPSA) is 50.1 Å². The van der Waals surface area contributed by atoms with Crippen molar-refractivity contribution in [2.75, 3.05) is 13.1 Å². The first-order chi connectivity index (χ1) is 5.86. The second-order valence-corrected chi connectivity index (χ2v) is 3.09. The molecule has 0 atom stereocenters. The molecule has 0 radical (unpaired) electrons. The van der Waals surface area contributed by atoms with Crippen LogP contribution < -0.4 is 10.6 Å². The Morgan fingerprint density at radius 3 is 3.08 bits per heavy atom. The lowest BCUT2D eigenvalue weighted by atomic mass is 10.2. The molecule has 0 aliphatic carbocycles. The number of hydrogen-bond donors (Lipinski definition) is 2. The summed E-state index contributed by atoms with van der Waals surface area (Å²) in [6.07, 6.45) is 1.49. The van der Waals surface area contributed by atoms with Gasteiger partial charge in [0.05, 0.1) is 5.69 Å². The minimum Gasteiger partial charge on any atom is -0.448 e. The van der Waals surface area contributed by atoms with E-state index in [2.05, 4.69) is 15.6 Å². The van der Waals surface area contributed by atoms with Crippen molar-refractivity contribution in [2.24, 2.45) is 0 Å². The van der Waals surface area contributed by atoms with E-state index in [4.69, 9.17) is 4.42 Å². The molecule has 0 unspecified atom stereocenters. The summed E-state index contributed by atoms with van der Waals surface area (Å²) in [5.41, 5.74) is 1.02. The van der Waals surface area contributed by atoms with E-state index in [9.17, 15) is 0 Å². The second kappa shape index (κ2) is 3.25. The van der Waals surface area contributed by atoms with Crippen LogP contribution in [0.5, 0.6) is 0 Å². The van der Waals surface area contributed by atoms with Gasteiger partial charge in [-0.2, -0.15) is 0 Å². The Labute approximate surface area is 71.4 Å². The number of hydrogen-bond acceptors (Lipinski definition) is 4. The van der Waals surface area contributed by atoms with Crippen molar-refractivity contribution in [3.63, 3.8) is 0 Å². The molecule has 4 heteroatoms. The van der Waals surface area contributed by atoms with E-state index in [1.165, 1.54) is 6.39 Å². The summed E-state index contributed by atoms with van der Waals surface area (Å²) in [6, 6.07) is 0.612. The van der Waals surface area contributed by atoms with Crippen molar-refractivity contribution in [3.05, 3.63) is 17.8 Å². The Morgan fingerprint density at radius 1 is 1.75 bits per heavy atom. The van der Waals surface area contributed by atoms with Gasteiger partial charge in [0, 0.05) is 25.7 Å². The highest BCUT2D eigenvalue weighted by Gasteiger charge is 2.16. The molecular weight excluding hydrogens is 154 g/mol. The number of nitrogens with zero attached hydrogens (tertiary/aromatic N) is 1. The molecule has 2 heterocycles. The summed E-state index contributed by atoms with van der Waals surface area (Å²) in [6.45, 7) is 4.88. The maximum Gasteiger partial charge on any atom is 0.181 e. The Bertz CT molecular complexity index is 255. The summed E-state index contributed by atoms with van der Waals surface area (Å²) in [4.78, 5) is 4.10. The number of nitrogens with one attached hydrogen (secondary N) is 2. The molecule has 0 bridgehead atoms. The minimum atomic E-state index is 0.612. The van der Waals surface area contributed by atoms with Crippen molar-refractivity contribution < 1.29 is 4.42 Å². The van der Waals surface area contributed by atoms with E-state index in [0.717, 1.165) is 31.1 Å². The monoisotopic (exact) mass is 167 g/mol. The van der Waals surface area contributed by atoms with E-state index in [-0.39, 0.29) is 0 Å². The molecule has 0 spiro atoms. The molecule has 1 saturated heterocycles. The third kappa shape index (κ3) is 1.49. The van der Waals surface area contributed by atoms with Crippen LogP contribution in [-0.4, -0.2) is 24.1 Å². The fourth-order valence-electron chi connectivity index (χ4n) is 1.17. The van der Waals surface area contributed by atoms with Gasteiger partial charge >= 0.3 is 0 Å². The fourth-order valence-corrected chi connectivity index (χ4v) is 1.17. The zero-order valence-electron chi connectivity index (χ0n) is 7.13. The van der Waals surface area contributed by atoms with E-state index in [1.807, 2.05) is 6.92 Å². The maximum atomic E-state index is 5.08. The summed E-state index contributed by atoms with van der Waals surface area (Å²) in [5.74, 6) is 0.912. The molecular formula is C8H13N3O. The Kier molecular flexibility index (Phi) is 2.10. The molecule has 2 N–H and O–H groups in total. The third-order valence-electron chi connectivity index (χ3n) is 2.18. The van der Waals surface area contributed by atoms with E-state index in [1.54, 1.807) is 0 Å². The number of oxazole rings is 1. The van der Waals surface area contributed by atoms with Crippen LogP contribution in [0, 0.1) is 6.92 Å². The van der Waals surface area contributed by atoms with Gasteiger partial charge in [0.15, 0.2) is 6.39 Å². The highest BCUT2D eigenvalue weighted by Crippen LogP contribution is 2.04. The summed E-state index contributed by atoms with van der Waals surface area (Å²) in [7, 11) is 0. The highest BCUT2D eigenvalue weighted by atomic mass is 16.3. The number of aryl methyl sites for hydroxylation is 1.